The lowest BCUT2D eigenvalue weighted by Gasteiger charge is -2.17. The largest absolute Gasteiger partial charge is 0.393 e. The number of aliphatic hydroxyl groups is 1. The molecule has 0 amide bonds. The lowest BCUT2D eigenvalue weighted by atomic mass is 10.0. The van der Waals surface area contributed by atoms with Gasteiger partial charge in [-0.2, -0.15) is 4.98 Å². The van der Waals surface area contributed by atoms with Gasteiger partial charge in [-0.25, -0.2) is 9.97 Å². The first-order valence-electron chi connectivity index (χ1n) is 9.25. The Labute approximate surface area is 147 Å². The SMILES string of the molecule is Cc1noc([C@H]2C[C@H](CNc3ncnc4c3CCCCC4)[C@H](O)C2)n1. The third-order valence-corrected chi connectivity index (χ3v) is 5.46. The Bertz CT molecular complexity index is 732. The molecule has 25 heavy (non-hydrogen) atoms. The summed E-state index contributed by atoms with van der Waals surface area (Å²) in [6.45, 7) is 2.52. The van der Waals surface area contributed by atoms with Gasteiger partial charge < -0.3 is 14.9 Å². The first kappa shape index (κ1) is 16.4. The second-order valence-electron chi connectivity index (χ2n) is 7.26. The molecule has 0 spiro atoms. The van der Waals surface area contributed by atoms with Crippen molar-refractivity contribution in [2.24, 2.45) is 5.92 Å². The van der Waals surface area contributed by atoms with Crippen molar-refractivity contribution in [3.05, 3.63) is 29.3 Å². The Kier molecular flexibility index (Phi) is 4.65. The molecule has 0 aliphatic heterocycles. The highest BCUT2D eigenvalue weighted by Gasteiger charge is 2.36. The summed E-state index contributed by atoms with van der Waals surface area (Å²) < 4.78 is 5.28. The van der Waals surface area contributed by atoms with Crippen molar-refractivity contribution in [1.29, 1.82) is 0 Å². The summed E-state index contributed by atoms with van der Waals surface area (Å²) in [6, 6.07) is 0. The maximum Gasteiger partial charge on any atom is 0.229 e. The highest BCUT2D eigenvalue weighted by Crippen LogP contribution is 2.38. The van der Waals surface area contributed by atoms with Crippen molar-refractivity contribution < 1.29 is 9.63 Å². The number of nitrogens with zero attached hydrogens (tertiary/aromatic N) is 4. The van der Waals surface area contributed by atoms with Crippen LogP contribution >= 0.6 is 0 Å². The standard InChI is InChI=1S/C18H25N5O2/c1-11-22-18(25-23-11)12-7-13(16(24)8-12)9-19-17-14-5-3-2-4-6-15(14)20-10-21-17/h10,12-13,16,24H,2-9H2,1H3,(H,19,20,21)/t12-,13+,16+/m0/s1. The van der Waals surface area contributed by atoms with Crippen molar-refractivity contribution in [1.82, 2.24) is 20.1 Å². The van der Waals surface area contributed by atoms with Gasteiger partial charge in [-0.15, -0.1) is 0 Å². The van der Waals surface area contributed by atoms with Crippen LogP contribution in [0.15, 0.2) is 10.9 Å². The summed E-state index contributed by atoms with van der Waals surface area (Å²) in [5, 5.41) is 17.8. The van der Waals surface area contributed by atoms with Crippen LogP contribution in [0.5, 0.6) is 0 Å². The molecule has 0 aromatic carbocycles. The van der Waals surface area contributed by atoms with Crippen molar-refractivity contribution in [2.75, 3.05) is 11.9 Å². The van der Waals surface area contributed by atoms with Crippen LogP contribution in [0.4, 0.5) is 5.82 Å². The molecule has 1 saturated carbocycles. The number of rotatable bonds is 4. The van der Waals surface area contributed by atoms with E-state index in [1.807, 2.05) is 6.92 Å². The molecule has 3 atom stereocenters. The third-order valence-electron chi connectivity index (χ3n) is 5.46. The fourth-order valence-electron chi connectivity index (χ4n) is 4.08. The number of hydrogen-bond acceptors (Lipinski definition) is 7. The molecule has 2 aromatic heterocycles. The molecule has 2 N–H and O–H groups in total. The van der Waals surface area contributed by atoms with E-state index in [1.54, 1.807) is 6.33 Å². The molecule has 134 valence electrons. The maximum absolute atomic E-state index is 10.4. The van der Waals surface area contributed by atoms with E-state index in [-0.39, 0.29) is 17.9 Å². The van der Waals surface area contributed by atoms with Crippen LogP contribution in [0.25, 0.3) is 0 Å². The zero-order chi connectivity index (χ0) is 17.2. The van der Waals surface area contributed by atoms with Crippen molar-refractivity contribution in [3.8, 4) is 0 Å². The number of nitrogens with one attached hydrogen (secondary N) is 1. The molecule has 2 aliphatic rings. The van der Waals surface area contributed by atoms with Gasteiger partial charge in [0.2, 0.25) is 5.89 Å². The number of aromatic nitrogens is 4. The van der Waals surface area contributed by atoms with Gasteiger partial charge in [0.25, 0.3) is 0 Å². The minimum atomic E-state index is -0.356. The fraction of sp³-hybridized carbons (Fsp3) is 0.667. The average molecular weight is 343 g/mol. The topological polar surface area (TPSA) is 97.0 Å². The summed E-state index contributed by atoms with van der Waals surface area (Å²) in [5.74, 6) is 2.54. The van der Waals surface area contributed by atoms with Crippen LogP contribution in [0.2, 0.25) is 0 Å². The van der Waals surface area contributed by atoms with E-state index in [9.17, 15) is 5.11 Å². The number of aryl methyl sites for hydroxylation is 2. The Hall–Kier alpha value is -2.02. The normalized spacial score (nSPS) is 26.2. The van der Waals surface area contributed by atoms with E-state index in [2.05, 4.69) is 25.4 Å². The minimum Gasteiger partial charge on any atom is -0.393 e. The molecule has 0 radical (unpaired) electrons. The molecule has 1 fully saturated rings. The molecule has 2 heterocycles. The predicted molar refractivity (Wildman–Crippen MR) is 92.3 cm³/mol. The molecule has 2 aromatic rings. The van der Waals surface area contributed by atoms with E-state index in [0.717, 1.165) is 25.1 Å². The van der Waals surface area contributed by atoms with E-state index < -0.39 is 0 Å². The van der Waals surface area contributed by atoms with Crippen molar-refractivity contribution in [3.63, 3.8) is 0 Å². The lowest BCUT2D eigenvalue weighted by Crippen LogP contribution is -2.23. The monoisotopic (exact) mass is 343 g/mol. The molecule has 0 saturated heterocycles. The number of anilines is 1. The number of aliphatic hydroxyl groups excluding tert-OH is 1. The maximum atomic E-state index is 10.4. The van der Waals surface area contributed by atoms with Gasteiger partial charge in [0, 0.05) is 29.6 Å². The summed E-state index contributed by atoms with van der Waals surface area (Å²) in [4.78, 5) is 13.2. The first-order valence-corrected chi connectivity index (χ1v) is 9.25. The van der Waals surface area contributed by atoms with Gasteiger partial charge in [-0.1, -0.05) is 11.6 Å². The van der Waals surface area contributed by atoms with Crippen molar-refractivity contribution >= 4 is 5.82 Å². The second kappa shape index (κ2) is 7.07. The summed E-state index contributed by atoms with van der Waals surface area (Å²) in [5.41, 5.74) is 2.44. The van der Waals surface area contributed by atoms with Gasteiger partial charge >= 0.3 is 0 Å². The smallest absolute Gasteiger partial charge is 0.229 e. The van der Waals surface area contributed by atoms with E-state index in [1.165, 1.54) is 30.5 Å². The van der Waals surface area contributed by atoms with E-state index in [4.69, 9.17) is 4.52 Å². The lowest BCUT2D eigenvalue weighted by molar-refractivity contribution is 0.137. The zero-order valence-electron chi connectivity index (χ0n) is 14.6. The second-order valence-corrected chi connectivity index (χ2v) is 7.26. The fourth-order valence-corrected chi connectivity index (χ4v) is 4.08. The van der Waals surface area contributed by atoms with Crippen LogP contribution in [-0.4, -0.2) is 37.9 Å². The zero-order valence-corrected chi connectivity index (χ0v) is 14.6. The Morgan fingerprint density at radius 2 is 2.08 bits per heavy atom. The highest BCUT2D eigenvalue weighted by molar-refractivity contribution is 5.46. The van der Waals surface area contributed by atoms with Gasteiger partial charge in [-0.05, 0) is 45.4 Å². The van der Waals surface area contributed by atoms with Gasteiger partial charge in [0.05, 0.1) is 6.10 Å². The summed E-state index contributed by atoms with van der Waals surface area (Å²) >= 11 is 0. The molecule has 0 bridgehead atoms. The quantitative estimate of drug-likeness (QED) is 0.823. The number of fused-ring (bicyclic) bond motifs is 1. The minimum absolute atomic E-state index is 0.144. The van der Waals surface area contributed by atoms with E-state index in [0.29, 0.717) is 24.7 Å². The molecule has 4 rings (SSSR count). The summed E-state index contributed by atoms with van der Waals surface area (Å²) in [6.07, 6.45) is 8.55. The highest BCUT2D eigenvalue weighted by atomic mass is 16.5. The van der Waals surface area contributed by atoms with Crippen LogP contribution in [-0.2, 0) is 12.8 Å². The first-order chi connectivity index (χ1) is 12.2. The van der Waals surface area contributed by atoms with Crippen LogP contribution in [0, 0.1) is 12.8 Å². The van der Waals surface area contributed by atoms with E-state index >= 15 is 0 Å². The molecule has 2 aliphatic carbocycles. The Morgan fingerprint density at radius 1 is 1.20 bits per heavy atom. The summed E-state index contributed by atoms with van der Waals surface area (Å²) in [7, 11) is 0. The van der Waals surface area contributed by atoms with Gasteiger partial charge in [-0.3, -0.25) is 0 Å². The predicted octanol–water partition coefficient (Wildman–Crippen LogP) is 2.40. The Balaban J connectivity index is 1.42. The van der Waals surface area contributed by atoms with Crippen LogP contribution in [0.1, 0.15) is 61.0 Å². The van der Waals surface area contributed by atoms with Gasteiger partial charge in [0.15, 0.2) is 5.82 Å². The molecule has 7 nitrogen and oxygen atoms in total. The van der Waals surface area contributed by atoms with Crippen molar-refractivity contribution in [2.45, 2.75) is 63.9 Å². The third kappa shape index (κ3) is 3.51. The van der Waals surface area contributed by atoms with Crippen LogP contribution < -0.4 is 5.32 Å². The molecule has 7 heteroatoms. The molecule has 0 unspecified atom stereocenters. The number of hydrogen-bond donors (Lipinski definition) is 2. The molecular weight excluding hydrogens is 318 g/mol. The average Bonchev–Trinajstić information content (AvgIpc) is 3.10. The Morgan fingerprint density at radius 3 is 2.92 bits per heavy atom. The van der Waals surface area contributed by atoms with Gasteiger partial charge in [0.1, 0.15) is 12.1 Å². The van der Waals surface area contributed by atoms with Crippen LogP contribution in [0.3, 0.4) is 0 Å². The molecular formula is C18H25N5O2.